The number of rotatable bonds is 9. The molecule has 34 heavy (non-hydrogen) atoms. The zero-order valence-electron chi connectivity index (χ0n) is 18.3. The van der Waals surface area contributed by atoms with E-state index in [1.807, 2.05) is 6.07 Å². The van der Waals surface area contributed by atoms with Crippen LogP contribution in [0.2, 0.25) is 0 Å². The minimum Gasteiger partial charge on any atom is -0.496 e. The summed E-state index contributed by atoms with van der Waals surface area (Å²) in [5.41, 5.74) is 5.59. The van der Waals surface area contributed by atoms with E-state index in [0.29, 0.717) is 24.1 Å². The van der Waals surface area contributed by atoms with E-state index in [9.17, 15) is 32.8 Å². The molecule has 1 aliphatic heterocycles. The van der Waals surface area contributed by atoms with Gasteiger partial charge in [0.2, 0.25) is 11.8 Å². The van der Waals surface area contributed by atoms with Gasteiger partial charge in [-0.2, -0.15) is 18.4 Å². The molecule has 182 valence electrons. The first-order valence-electron chi connectivity index (χ1n) is 10.6. The van der Waals surface area contributed by atoms with Gasteiger partial charge in [-0.1, -0.05) is 6.07 Å². The van der Waals surface area contributed by atoms with Crippen LogP contribution >= 0.6 is 0 Å². The number of fused-ring (bicyclic) bond motifs is 1. The molecule has 0 spiro atoms. The molecule has 3 rings (SSSR count). The maximum Gasteiger partial charge on any atom is 0.389 e. The average molecular weight is 479 g/mol. The summed E-state index contributed by atoms with van der Waals surface area (Å²) in [4.78, 5) is 37.2. The summed E-state index contributed by atoms with van der Waals surface area (Å²) < 4.78 is 45.7. The molecular formula is C22H24F3N5O4. The molecule has 12 heteroatoms. The predicted molar refractivity (Wildman–Crippen MR) is 115 cm³/mol. The highest BCUT2D eigenvalue weighted by molar-refractivity contribution is 6.01. The third-order valence-electron chi connectivity index (χ3n) is 5.79. The molecule has 1 aromatic heterocycles. The number of halogens is 3. The number of nitrogens with one attached hydrogen (secondary N) is 2. The van der Waals surface area contributed by atoms with Crippen molar-refractivity contribution in [3.63, 3.8) is 0 Å². The third-order valence-corrected chi connectivity index (χ3v) is 5.79. The van der Waals surface area contributed by atoms with Crippen molar-refractivity contribution in [2.75, 3.05) is 13.7 Å². The van der Waals surface area contributed by atoms with Crippen LogP contribution in [0.3, 0.4) is 0 Å². The topological polar surface area (TPSA) is 139 Å². The lowest BCUT2D eigenvalue weighted by Gasteiger charge is -2.24. The normalized spacial score (nSPS) is 17.6. The number of methoxy groups -OCH3 is 1. The monoisotopic (exact) mass is 479 g/mol. The van der Waals surface area contributed by atoms with E-state index in [0.717, 1.165) is 4.57 Å². The highest BCUT2D eigenvalue weighted by Crippen LogP contribution is 2.34. The first-order valence-corrected chi connectivity index (χ1v) is 10.6. The molecular weight excluding hydrogens is 455 g/mol. The van der Waals surface area contributed by atoms with E-state index in [4.69, 9.17) is 10.5 Å². The highest BCUT2D eigenvalue weighted by atomic mass is 19.4. The molecule has 1 saturated heterocycles. The van der Waals surface area contributed by atoms with E-state index in [2.05, 4.69) is 10.6 Å². The van der Waals surface area contributed by atoms with Gasteiger partial charge in [0, 0.05) is 24.3 Å². The number of nitrogens with two attached hydrogens (primary N) is 1. The average Bonchev–Trinajstić information content (AvgIpc) is 3.36. The summed E-state index contributed by atoms with van der Waals surface area (Å²) in [7, 11) is 1.39. The summed E-state index contributed by atoms with van der Waals surface area (Å²) >= 11 is 0. The zero-order valence-corrected chi connectivity index (χ0v) is 18.3. The van der Waals surface area contributed by atoms with Gasteiger partial charge < -0.3 is 25.7 Å². The standard InChI is InChI=1S/C22H24F3N5O4/c1-34-18-4-2-3-15-14(18)10-17(19(27)31)30(15)16(5-7-22(23,24)25)21(33)29-13(11-26)9-12-6-8-28-20(12)32/h2-4,10,12-13,16H,5-9H2,1H3,(H2,27,31)(H,28,32)(H,29,33)/t12-,13-,16-/m0/s1. The van der Waals surface area contributed by atoms with Crippen molar-refractivity contribution >= 4 is 28.6 Å². The number of ether oxygens (including phenoxy) is 1. The van der Waals surface area contributed by atoms with Gasteiger partial charge in [-0.05, 0) is 37.5 Å². The highest BCUT2D eigenvalue weighted by Gasteiger charge is 2.35. The molecule has 2 heterocycles. The first-order chi connectivity index (χ1) is 16.1. The molecule has 1 aliphatic rings. The molecule has 2 aromatic rings. The molecule has 0 unspecified atom stereocenters. The van der Waals surface area contributed by atoms with Crippen molar-refractivity contribution in [2.45, 2.75) is 43.9 Å². The van der Waals surface area contributed by atoms with E-state index in [1.54, 1.807) is 12.1 Å². The van der Waals surface area contributed by atoms with E-state index in [-0.39, 0.29) is 23.5 Å². The third kappa shape index (κ3) is 5.41. The van der Waals surface area contributed by atoms with Crippen molar-refractivity contribution in [3.05, 3.63) is 30.0 Å². The Morgan fingerprint density at radius 2 is 2.15 bits per heavy atom. The van der Waals surface area contributed by atoms with Gasteiger partial charge in [0.05, 0.1) is 18.7 Å². The van der Waals surface area contributed by atoms with Crippen LogP contribution < -0.4 is 21.1 Å². The lowest BCUT2D eigenvalue weighted by atomic mass is 9.98. The van der Waals surface area contributed by atoms with Gasteiger partial charge in [-0.3, -0.25) is 14.4 Å². The van der Waals surface area contributed by atoms with Crippen LogP contribution in [-0.2, 0) is 9.59 Å². The smallest absolute Gasteiger partial charge is 0.389 e. The van der Waals surface area contributed by atoms with Gasteiger partial charge in [-0.15, -0.1) is 0 Å². The Labute approximate surface area is 193 Å². The SMILES string of the molecule is COc1cccc2c1cc(C(N)=O)n2[C@@H](CCC(F)(F)F)C(=O)N[C@H](C#N)C[C@@H]1CCNC1=O. The zero-order chi connectivity index (χ0) is 25.0. The van der Waals surface area contributed by atoms with E-state index < -0.39 is 48.8 Å². The Kier molecular flexibility index (Phi) is 7.34. The number of benzene rings is 1. The van der Waals surface area contributed by atoms with E-state index >= 15 is 0 Å². The number of aromatic nitrogens is 1. The van der Waals surface area contributed by atoms with Gasteiger partial charge in [0.1, 0.15) is 23.5 Å². The van der Waals surface area contributed by atoms with Crippen molar-refractivity contribution in [1.29, 1.82) is 5.26 Å². The van der Waals surface area contributed by atoms with Crippen molar-refractivity contribution in [2.24, 2.45) is 11.7 Å². The lowest BCUT2D eigenvalue weighted by Crippen LogP contribution is -2.41. The lowest BCUT2D eigenvalue weighted by molar-refractivity contribution is -0.140. The molecule has 4 N–H and O–H groups in total. The van der Waals surface area contributed by atoms with E-state index in [1.165, 1.54) is 19.2 Å². The Morgan fingerprint density at radius 1 is 1.41 bits per heavy atom. The Hall–Kier alpha value is -3.75. The number of primary amides is 1. The molecule has 0 bridgehead atoms. The first kappa shape index (κ1) is 24.9. The van der Waals surface area contributed by atoms with Crippen LogP contribution in [0.15, 0.2) is 24.3 Å². The van der Waals surface area contributed by atoms with Gasteiger partial charge >= 0.3 is 6.18 Å². The number of nitrogens with zero attached hydrogens (tertiary/aromatic N) is 2. The van der Waals surface area contributed by atoms with Crippen LogP contribution in [0.1, 0.15) is 42.2 Å². The fraction of sp³-hybridized carbons (Fsp3) is 0.455. The summed E-state index contributed by atoms with van der Waals surface area (Å²) in [5, 5.41) is 15.0. The van der Waals surface area contributed by atoms with Crippen LogP contribution in [0.25, 0.3) is 10.9 Å². The summed E-state index contributed by atoms with van der Waals surface area (Å²) in [5.74, 6) is -2.23. The second kappa shape index (κ2) is 10.0. The molecule has 3 atom stereocenters. The quantitative estimate of drug-likeness (QED) is 0.506. The van der Waals surface area contributed by atoms with Gasteiger partial charge in [0.15, 0.2) is 0 Å². The minimum absolute atomic E-state index is 0.0169. The maximum atomic E-state index is 13.2. The van der Waals surface area contributed by atoms with Gasteiger partial charge in [0.25, 0.3) is 5.91 Å². The van der Waals surface area contributed by atoms with Crippen LogP contribution in [0.4, 0.5) is 13.2 Å². The number of alkyl halides is 3. The summed E-state index contributed by atoms with van der Waals surface area (Å²) in [6.45, 7) is 0.447. The molecule has 9 nitrogen and oxygen atoms in total. The van der Waals surface area contributed by atoms with Crippen molar-refractivity contribution < 1.29 is 32.3 Å². The molecule has 0 saturated carbocycles. The molecule has 3 amide bonds. The fourth-order valence-electron chi connectivity index (χ4n) is 4.17. The van der Waals surface area contributed by atoms with Crippen LogP contribution in [0, 0.1) is 17.2 Å². The Bertz CT molecular complexity index is 1140. The number of hydrogen-bond acceptors (Lipinski definition) is 5. The van der Waals surface area contributed by atoms with Crippen molar-refractivity contribution in [1.82, 2.24) is 15.2 Å². The summed E-state index contributed by atoms with van der Waals surface area (Å²) in [6.07, 6.45) is -6.07. The van der Waals surface area contributed by atoms with Gasteiger partial charge in [-0.25, -0.2) is 0 Å². The molecule has 0 aliphatic carbocycles. The predicted octanol–water partition coefficient (Wildman–Crippen LogP) is 2.17. The van der Waals surface area contributed by atoms with Crippen LogP contribution in [-0.4, -0.2) is 48.2 Å². The second-order valence-electron chi connectivity index (χ2n) is 8.03. The second-order valence-corrected chi connectivity index (χ2v) is 8.03. The molecule has 0 radical (unpaired) electrons. The number of nitriles is 1. The fourth-order valence-corrected chi connectivity index (χ4v) is 4.17. The van der Waals surface area contributed by atoms with Crippen LogP contribution in [0.5, 0.6) is 5.75 Å². The van der Waals surface area contributed by atoms with Crippen molar-refractivity contribution in [3.8, 4) is 11.8 Å². The Balaban J connectivity index is 2.00. The number of carbonyl (C=O) groups is 3. The number of hydrogen-bond donors (Lipinski definition) is 3. The number of carbonyl (C=O) groups excluding carboxylic acids is 3. The maximum absolute atomic E-state index is 13.2. The number of amides is 3. The Morgan fingerprint density at radius 3 is 2.71 bits per heavy atom. The largest absolute Gasteiger partial charge is 0.496 e. The molecule has 1 aromatic carbocycles. The minimum atomic E-state index is -4.57. The molecule has 1 fully saturated rings. The summed E-state index contributed by atoms with van der Waals surface area (Å²) in [6, 6.07) is 5.34.